The summed E-state index contributed by atoms with van der Waals surface area (Å²) < 4.78 is 0. The highest BCUT2D eigenvalue weighted by molar-refractivity contribution is 5.89. The number of fused-ring (bicyclic) bond motifs is 5. The van der Waals surface area contributed by atoms with E-state index in [-0.39, 0.29) is 40.1 Å². The van der Waals surface area contributed by atoms with Crippen LogP contribution in [0.3, 0.4) is 0 Å². The van der Waals surface area contributed by atoms with E-state index >= 15 is 0 Å². The molecule has 0 aromatic carbocycles. The largest absolute Gasteiger partial charge is 0.351 e. The molecule has 4 aliphatic rings. The number of nitrogens with one attached hydrogen (secondary N) is 2. The van der Waals surface area contributed by atoms with E-state index in [1.165, 1.54) is 19.3 Å². The molecule has 150 valence electrons. The number of hydrogen-bond donors (Lipinski definition) is 2. The van der Waals surface area contributed by atoms with Crippen LogP contribution < -0.4 is 10.6 Å². The topological polar surface area (TPSA) is 58.2 Å². The minimum Gasteiger partial charge on any atom is -0.351 e. The third-order valence-electron chi connectivity index (χ3n) is 8.50. The number of hydrogen-bond acceptors (Lipinski definition) is 2. The van der Waals surface area contributed by atoms with E-state index in [9.17, 15) is 9.59 Å². The molecule has 0 aromatic rings. The molecule has 2 amide bonds. The Kier molecular flexibility index (Phi) is 4.29. The zero-order valence-corrected chi connectivity index (χ0v) is 17.6. The van der Waals surface area contributed by atoms with Crippen LogP contribution in [0, 0.1) is 34.5 Å². The van der Waals surface area contributed by atoms with Crippen LogP contribution in [0.4, 0.5) is 0 Å². The molecule has 2 N–H and O–H groups in total. The van der Waals surface area contributed by atoms with Crippen LogP contribution in [0.2, 0.25) is 0 Å². The molecule has 4 rings (SSSR count). The van der Waals surface area contributed by atoms with Crippen molar-refractivity contribution in [2.75, 3.05) is 0 Å². The second kappa shape index (κ2) is 6.09. The Bertz CT molecular complexity index is 678. The maximum atomic E-state index is 13.0. The Hall–Kier alpha value is -1.32. The fourth-order valence-electron chi connectivity index (χ4n) is 7.22. The van der Waals surface area contributed by atoms with Crippen molar-refractivity contribution in [2.24, 2.45) is 34.5 Å². The van der Waals surface area contributed by atoms with Crippen molar-refractivity contribution in [3.8, 4) is 0 Å². The zero-order chi connectivity index (χ0) is 19.6. The van der Waals surface area contributed by atoms with Crippen molar-refractivity contribution in [3.63, 3.8) is 0 Å². The van der Waals surface area contributed by atoms with Crippen molar-refractivity contribution < 1.29 is 9.59 Å². The molecular formula is C23H36N2O2. The number of amides is 2. The van der Waals surface area contributed by atoms with Crippen LogP contribution in [0.1, 0.15) is 73.1 Å². The fraction of sp³-hybridized carbons (Fsp3) is 0.826. The molecular weight excluding hydrogens is 336 g/mol. The molecule has 7 atom stereocenters. The van der Waals surface area contributed by atoms with Gasteiger partial charge in [0.2, 0.25) is 11.8 Å². The smallest absolute Gasteiger partial charge is 0.243 e. The summed E-state index contributed by atoms with van der Waals surface area (Å²) in [6.07, 6.45) is 10.7. The Labute approximate surface area is 163 Å². The van der Waals surface area contributed by atoms with Gasteiger partial charge in [-0.15, -0.1) is 0 Å². The molecule has 27 heavy (non-hydrogen) atoms. The van der Waals surface area contributed by atoms with E-state index in [4.69, 9.17) is 0 Å². The predicted molar refractivity (Wildman–Crippen MR) is 107 cm³/mol. The van der Waals surface area contributed by atoms with Gasteiger partial charge in [-0.3, -0.25) is 9.59 Å². The van der Waals surface area contributed by atoms with Gasteiger partial charge in [0.1, 0.15) is 0 Å². The first-order chi connectivity index (χ1) is 12.5. The van der Waals surface area contributed by atoms with E-state index < -0.39 is 0 Å². The summed E-state index contributed by atoms with van der Waals surface area (Å²) in [6, 6.07) is 0.280. The molecule has 4 nitrogen and oxygen atoms in total. The average Bonchev–Trinajstić information content (AvgIpc) is 2.91. The van der Waals surface area contributed by atoms with Crippen LogP contribution >= 0.6 is 0 Å². The molecule has 3 unspecified atom stereocenters. The maximum absolute atomic E-state index is 13.0. The molecule has 3 fully saturated rings. The Balaban J connectivity index is 1.58. The van der Waals surface area contributed by atoms with Gasteiger partial charge >= 0.3 is 0 Å². The van der Waals surface area contributed by atoms with Crippen molar-refractivity contribution >= 4 is 11.8 Å². The number of rotatable bonds is 1. The van der Waals surface area contributed by atoms with Gasteiger partial charge in [-0.25, -0.2) is 0 Å². The molecule has 0 aromatic heterocycles. The van der Waals surface area contributed by atoms with Gasteiger partial charge in [0.05, 0.1) is 0 Å². The summed E-state index contributed by atoms with van der Waals surface area (Å²) in [7, 11) is 0. The second-order valence-electron chi connectivity index (χ2n) is 11.1. The van der Waals surface area contributed by atoms with Crippen LogP contribution in [0.5, 0.6) is 0 Å². The van der Waals surface area contributed by atoms with Crippen molar-refractivity contribution in [2.45, 2.75) is 84.7 Å². The highest BCUT2D eigenvalue weighted by Crippen LogP contribution is 2.65. The molecule has 0 bridgehead atoms. The van der Waals surface area contributed by atoms with Crippen molar-refractivity contribution in [1.29, 1.82) is 0 Å². The first kappa shape index (κ1) is 19.0. The van der Waals surface area contributed by atoms with Crippen molar-refractivity contribution in [1.82, 2.24) is 10.6 Å². The normalized spacial score (nSPS) is 46.1. The van der Waals surface area contributed by atoms with Gasteiger partial charge in [0.15, 0.2) is 0 Å². The second-order valence-corrected chi connectivity index (χ2v) is 11.1. The summed E-state index contributed by atoms with van der Waals surface area (Å²) >= 11 is 0. The average molecular weight is 373 g/mol. The van der Waals surface area contributed by atoms with Gasteiger partial charge in [-0.2, -0.15) is 0 Å². The first-order valence-electron chi connectivity index (χ1n) is 10.9. The summed E-state index contributed by atoms with van der Waals surface area (Å²) in [5, 5.41) is 6.48. The van der Waals surface area contributed by atoms with Gasteiger partial charge in [0.25, 0.3) is 0 Å². The summed E-state index contributed by atoms with van der Waals surface area (Å²) in [4.78, 5) is 24.9. The van der Waals surface area contributed by atoms with E-state index in [0.717, 1.165) is 19.3 Å². The fourth-order valence-corrected chi connectivity index (χ4v) is 7.22. The van der Waals surface area contributed by atoms with E-state index in [1.54, 1.807) is 6.08 Å². The molecule has 4 heteroatoms. The molecule has 0 radical (unpaired) electrons. The van der Waals surface area contributed by atoms with Crippen LogP contribution in [-0.4, -0.2) is 23.4 Å². The minimum absolute atomic E-state index is 0.0661. The molecule has 3 aliphatic carbocycles. The summed E-state index contributed by atoms with van der Waals surface area (Å²) in [5.41, 5.74) is 0.0323. The first-order valence-corrected chi connectivity index (χ1v) is 10.9. The minimum atomic E-state index is -0.167. The SMILES string of the molecule is CC(C)(C)NC(=O)[C@H]1CC[C@H]2[C@@H]3CCC4NC(=O)C=CC4(C)C3CC[C@@]12C. The number of carbonyl (C=O) groups is 2. The lowest BCUT2D eigenvalue weighted by atomic mass is 9.48. The number of carbonyl (C=O) groups excluding carboxylic acids is 2. The standard InChI is InChI=1S/C23H36N2O2/c1-21(2,3)25-20(27)17-8-7-15-14-6-9-18-23(5,13-11-19(26)24-18)16(14)10-12-22(15,17)4/h11,13-18H,6-10,12H2,1-5H3,(H,24,26)(H,25,27)/t14-,15-,16?,17+,18?,22+,23?/m0/s1. The summed E-state index contributed by atoms with van der Waals surface area (Å²) in [5.74, 6) is 2.41. The molecule has 0 spiro atoms. The highest BCUT2D eigenvalue weighted by Gasteiger charge is 2.60. The van der Waals surface area contributed by atoms with Gasteiger partial charge < -0.3 is 10.6 Å². The van der Waals surface area contributed by atoms with E-state index in [0.29, 0.717) is 17.8 Å². The van der Waals surface area contributed by atoms with Gasteiger partial charge in [-0.05, 0) is 88.5 Å². The molecule has 0 saturated heterocycles. The highest BCUT2D eigenvalue weighted by atomic mass is 16.2. The predicted octanol–water partition coefficient (Wildman–Crippen LogP) is 3.81. The van der Waals surface area contributed by atoms with Gasteiger partial charge in [0, 0.05) is 22.9 Å². The Morgan fingerprint density at radius 1 is 1.11 bits per heavy atom. The zero-order valence-electron chi connectivity index (χ0n) is 17.6. The third kappa shape index (κ3) is 2.94. The quantitative estimate of drug-likeness (QED) is 0.735. The monoisotopic (exact) mass is 372 g/mol. The van der Waals surface area contributed by atoms with Crippen LogP contribution in [-0.2, 0) is 9.59 Å². The molecule has 3 saturated carbocycles. The Morgan fingerprint density at radius 2 is 1.85 bits per heavy atom. The molecule has 1 heterocycles. The van der Waals surface area contributed by atoms with Crippen LogP contribution in [0.25, 0.3) is 0 Å². The lowest BCUT2D eigenvalue weighted by Crippen LogP contribution is -2.59. The van der Waals surface area contributed by atoms with E-state index in [1.807, 2.05) is 0 Å². The maximum Gasteiger partial charge on any atom is 0.243 e. The van der Waals surface area contributed by atoms with Crippen LogP contribution in [0.15, 0.2) is 12.2 Å². The van der Waals surface area contributed by atoms with Gasteiger partial charge in [-0.1, -0.05) is 19.9 Å². The van der Waals surface area contributed by atoms with Crippen molar-refractivity contribution in [3.05, 3.63) is 12.2 Å². The third-order valence-corrected chi connectivity index (χ3v) is 8.50. The lowest BCUT2D eigenvalue weighted by Gasteiger charge is -2.58. The molecule has 1 aliphatic heterocycles. The lowest BCUT2D eigenvalue weighted by molar-refractivity contribution is -0.135. The Morgan fingerprint density at radius 3 is 2.56 bits per heavy atom. The summed E-state index contributed by atoms with van der Waals surface area (Å²) in [6.45, 7) is 11.0. The van der Waals surface area contributed by atoms with E-state index in [2.05, 4.69) is 51.3 Å².